The second-order valence-electron chi connectivity index (χ2n) is 10.3. The largest absolute Gasteiger partial charge is 0.456 e. The van der Waals surface area contributed by atoms with Crippen molar-refractivity contribution < 1.29 is 8.83 Å². The maximum Gasteiger partial charge on any atom is 0.143 e. The maximum absolute atomic E-state index is 6.62. The van der Waals surface area contributed by atoms with Crippen molar-refractivity contribution >= 4 is 55.5 Å². The van der Waals surface area contributed by atoms with Gasteiger partial charge in [-0.05, 0) is 70.3 Å². The van der Waals surface area contributed by atoms with E-state index in [9.17, 15) is 0 Å². The van der Waals surface area contributed by atoms with Gasteiger partial charge in [0.2, 0.25) is 0 Å². The van der Waals surface area contributed by atoms with Gasteiger partial charge in [0.05, 0.1) is 0 Å². The van der Waals surface area contributed by atoms with Gasteiger partial charge in [0.25, 0.3) is 0 Å². The number of fused-ring (bicyclic) bond motifs is 10. The number of furan rings is 2. The van der Waals surface area contributed by atoms with Crippen molar-refractivity contribution in [3.8, 4) is 22.3 Å². The lowest BCUT2D eigenvalue weighted by Gasteiger charge is -2.21. The molecule has 3 heteroatoms. The SMILES string of the molecule is CC1(C)c2ccc(Cl)cc2-c2c1ccc1c2oc2cc(-c3ccc4c(c3)oc3ccccc34)ccc21. The summed E-state index contributed by atoms with van der Waals surface area (Å²) in [5.74, 6) is 0. The molecule has 0 fully saturated rings. The molecule has 1 aliphatic rings. The highest BCUT2D eigenvalue weighted by Crippen LogP contribution is 2.53. The van der Waals surface area contributed by atoms with E-state index in [1.54, 1.807) is 0 Å². The molecule has 5 aromatic carbocycles. The number of benzene rings is 5. The Morgan fingerprint density at radius 3 is 2.03 bits per heavy atom. The van der Waals surface area contributed by atoms with E-state index in [-0.39, 0.29) is 5.41 Å². The van der Waals surface area contributed by atoms with Gasteiger partial charge in [0.15, 0.2) is 0 Å². The molecule has 2 heterocycles. The topological polar surface area (TPSA) is 26.3 Å². The summed E-state index contributed by atoms with van der Waals surface area (Å²) in [6.07, 6.45) is 0. The number of hydrogen-bond donors (Lipinski definition) is 0. The van der Waals surface area contributed by atoms with Gasteiger partial charge >= 0.3 is 0 Å². The fraction of sp³-hybridized carbons (Fsp3) is 0.0909. The normalized spacial score (nSPS) is 14.2. The van der Waals surface area contributed by atoms with Gasteiger partial charge in [-0.25, -0.2) is 0 Å². The van der Waals surface area contributed by atoms with Gasteiger partial charge in [0, 0.05) is 37.5 Å². The average Bonchev–Trinajstić information content (AvgIpc) is 3.51. The Morgan fingerprint density at radius 1 is 0.583 bits per heavy atom. The Hall–Kier alpha value is -4.01. The van der Waals surface area contributed by atoms with Gasteiger partial charge in [0.1, 0.15) is 22.3 Å². The molecule has 0 atom stereocenters. The molecule has 0 saturated heterocycles. The van der Waals surface area contributed by atoms with Gasteiger partial charge < -0.3 is 8.83 Å². The molecular formula is C33H21ClO2. The Bertz CT molecular complexity index is 2040. The first-order valence-electron chi connectivity index (χ1n) is 12.2. The van der Waals surface area contributed by atoms with Crippen LogP contribution in [0.2, 0.25) is 5.02 Å². The predicted molar refractivity (Wildman–Crippen MR) is 149 cm³/mol. The molecule has 2 aromatic heterocycles. The lowest BCUT2D eigenvalue weighted by Crippen LogP contribution is -2.14. The molecule has 0 amide bonds. The molecule has 0 bridgehead atoms. The third-order valence-electron chi connectivity index (χ3n) is 7.95. The first-order chi connectivity index (χ1) is 17.5. The van der Waals surface area contributed by atoms with Crippen molar-refractivity contribution in [3.05, 3.63) is 107 Å². The highest BCUT2D eigenvalue weighted by molar-refractivity contribution is 6.31. The Morgan fingerprint density at radius 2 is 1.22 bits per heavy atom. The molecule has 172 valence electrons. The van der Waals surface area contributed by atoms with Crippen molar-refractivity contribution in [1.29, 1.82) is 0 Å². The van der Waals surface area contributed by atoms with Crippen molar-refractivity contribution in [2.24, 2.45) is 0 Å². The Labute approximate surface area is 212 Å². The van der Waals surface area contributed by atoms with Crippen LogP contribution in [-0.4, -0.2) is 0 Å². The highest BCUT2D eigenvalue weighted by Gasteiger charge is 2.37. The Kier molecular flexibility index (Phi) is 3.82. The quantitative estimate of drug-likeness (QED) is 0.231. The van der Waals surface area contributed by atoms with E-state index in [1.165, 1.54) is 16.7 Å². The fourth-order valence-corrected chi connectivity index (χ4v) is 6.30. The molecule has 1 aliphatic carbocycles. The minimum atomic E-state index is -0.102. The molecule has 0 aliphatic heterocycles. The van der Waals surface area contributed by atoms with Crippen molar-refractivity contribution in [2.75, 3.05) is 0 Å². The lowest BCUT2D eigenvalue weighted by atomic mass is 9.82. The standard InChI is InChI=1S/C33H21ClO2/c1-33(2)26-13-9-20(34)17-25(26)31-27(33)14-12-24-23-11-8-19(16-30(23)36-32(24)31)18-7-10-22-21-5-3-4-6-28(21)35-29(22)15-18/h3-17H,1-2H3. The maximum atomic E-state index is 6.62. The van der Waals surface area contributed by atoms with Gasteiger partial charge in [-0.3, -0.25) is 0 Å². The summed E-state index contributed by atoms with van der Waals surface area (Å²) in [4.78, 5) is 0. The smallest absolute Gasteiger partial charge is 0.143 e. The molecule has 0 saturated carbocycles. The van der Waals surface area contributed by atoms with Gasteiger partial charge in [-0.15, -0.1) is 0 Å². The minimum Gasteiger partial charge on any atom is -0.456 e. The first-order valence-corrected chi connectivity index (χ1v) is 12.6. The monoisotopic (exact) mass is 484 g/mol. The molecule has 8 rings (SSSR count). The predicted octanol–water partition coefficient (Wildman–Crippen LogP) is 10.1. The van der Waals surface area contributed by atoms with Crippen LogP contribution in [0.15, 0.2) is 99.8 Å². The third kappa shape index (κ3) is 2.57. The molecule has 2 nitrogen and oxygen atoms in total. The molecule has 0 N–H and O–H groups in total. The van der Waals surface area contributed by atoms with E-state index in [0.717, 1.165) is 65.6 Å². The highest BCUT2D eigenvalue weighted by atomic mass is 35.5. The molecule has 36 heavy (non-hydrogen) atoms. The third-order valence-corrected chi connectivity index (χ3v) is 8.19. The van der Waals surface area contributed by atoms with Crippen LogP contribution in [0, 0.1) is 0 Å². The summed E-state index contributed by atoms with van der Waals surface area (Å²) in [7, 11) is 0. The summed E-state index contributed by atoms with van der Waals surface area (Å²) >= 11 is 6.43. The summed E-state index contributed by atoms with van der Waals surface area (Å²) in [6.45, 7) is 4.54. The molecular weight excluding hydrogens is 464 g/mol. The van der Waals surface area contributed by atoms with E-state index in [2.05, 4.69) is 80.6 Å². The van der Waals surface area contributed by atoms with Crippen LogP contribution in [0.5, 0.6) is 0 Å². The van der Waals surface area contributed by atoms with E-state index in [0.29, 0.717) is 0 Å². The summed E-state index contributed by atoms with van der Waals surface area (Å²) in [5, 5.41) is 5.27. The van der Waals surface area contributed by atoms with Crippen LogP contribution in [-0.2, 0) is 5.41 Å². The van der Waals surface area contributed by atoms with Crippen molar-refractivity contribution in [3.63, 3.8) is 0 Å². The zero-order valence-corrected chi connectivity index (χ0v) is 20.6. The average molecular weight is 485 g/mol. The molecule has 0 spiro atoms. The van der Waals surface area contributed by atoms with E-state index in [1.807, 2.05) is 24.3 Å². The van der Waals surface area contributed by atoms with E-state index >= 15 is 0 Å². The van der Waals surface area contributed by atoms with Gasteiger partial charge in [-0.2, -0.15) is 0 Å². The van der Waals surface area contributed by atoms with Crippen molar-refractivity contribution in [2.45, 2.75) is 19.3 Å². The zero-order valence-electron chi connectivity index (χ0n) is 19.9. The van der Waals surface area contributed by atoms with E-state index in [4.69, 9.17) is 20.4 Å². The van der Waals surface area contributed by atoms with Crippen LogP contribution < -0.4 is 0 Å². The molecule has 0 radical (unpaired) electrons. The number of para-hydroxylation sites is 1. The van der Waals surface area contributed by atoms with Gasteiger partial charge in [-0.1, -0.05) is 74.0 Å². The van der Waals surface area contributed by atoms with Crippen molar-refractivity contribution in [1.82, 2.24) is 0 Å². The summed E-state index contributed by atoms with van der Waals surface area (Å²) < 4.78 is 12.7. The zero-order chi connectivity index (χ0) is 24.2. The van der Waals surface area contributed by atoms with Crippen LogP contribution >= 0.6 is 11.6 Å². The summed E-state index contributed by atoms with van der Waals surface area (Å²) in [5.41, 5.74) is 10.6. The van der Waals surface area contributed by atoms with Crippen LogP contribution in [0.25, 0.3) is 66.1 Å². The molecule has 0 unspecified atom stereocenters. The second-order valence-corrected chi connectivity index (χ2v) is 10.7. The summed E-state index contributed by atoms with van der Waals surface area (Å²) in [6, 6.07) is 31.7. The van der Waals surface area contributed by atoms with Crippen LogP contribution in [0.1, 0.15) is 25.0 Å². The fourth-order valence-electron chi connectivity index (χ4n) is 6.13. The molecule has 7 aromatic rings. The number of hydrogen-bond acceptors (Lipinski definition) is 2. The Balaban J connectivity index is 1.34. The first kappa shape index (κ1) is 20.2. The van der Waals surface area contributed by atoms with E-state index < -0.39 is 0 Å². The van der Waals surface area contributed by atoms with Crippen LogP contribution in [0.4, 0.5) is 0 Å². The second kappa shape index (κ2) is 6.81. The number of rotatable bonds is 1. The lowest BCUT2D eigenvalue weighted by molar-refractivity contribution is 0.653. The van der Waals surface area contributed by atoms with Crippen LogP contribution in [0.3, 0.4) is 0 Å². The minimum absolute atomic E-state index is 0.102. The number of halogens is 1.